The minimum Gasteiger partial charge on any atom is -0.618 e. The second-order valence-electron chi connectivity index (χ2n) is 8.09. The molecule has 0 fully saturated rings. The van der Waals surface area contributed by atoms with Gasteiger partial charge in [-0.05, 0) is 41.7 Å². The summed E-state index contributed by atoms with van der Waals surface area (Å²) in [6.07, 6.45) is 1.73. The SMILES string of the molecule is CCc1cccc(CNC[C@H](O)[C@H](Cc2cc(F)cc(F)c2)NC(=O)c2c[n+]([O-])cc(OC)n2)c1. The Bertz CT molecular complexity index is 1140. The molecule has 0 aliphatic carbocycles. The normalized spacial score (nSPS) is 12.7. The molecular formula is C25H28F2N4O4. The van der Waals surface area contributed by atoms with Gasteiger partial charge in [-0.3, -0.25) is 4.79 Å². The van der Waals surface area contributed by atoms with E-state index in [2.05, 4.69) is 28.6 Å². The first-order valence-electron chi connectivity index (χ1n) is 11.1. The van der Waals surface area contributed by atoms with Gasteiger partial charge in [0.25, 0.3) is 11.8 Å². The van der Waals surface area contributed by atoms with Crippen LogP contribution in [-0.2, 0) is 19.4 Å². The highest BCUT2D eigenvalue weighted by Crippen LogP contribution is 2.13. The van der Waals surface area contributed by atoms with E-state index >= 15 is 0 Å². The van der Waals surface area contributed by atoms with Gasteiger partial charge in [-0.15, -0.1) is 0 Å². The smallest absolute Gasteiger partial charge is 0.281 e. The highest BCUT2D eigenvalue weighted by molar-refractivity contribution is 5.92. The lowest BCUT2D eigenvalue weighted by Gasteiger charge is -2.25. The Morgan fingerprint density at radius 1 is 1.14 bits per heavy atom. The molecule has 1 aromatic heterocycles. The summed E-state index contributed by atoms with van der Waals surface area (Å²) < 4.78 is 32.7. The predicted molar refractivity (Wildman–Crippen MR) is 125 cm³/mol. The van der Waals surface area contributed by atoms with Gasteiger partial charge < -0.3 is 25.7 Å². The van der Waals surface area contributed by atoms with Crippen molar-refractivity contribution in [3.63, 3.8) is 0 Å². The van der Waals surface area contributed by atoms with Crippen LogP contribution in [-0.4, -0.2) is 41.8 Å². The van der Waals surface area contributed by atoms with Crippen LogP contribution in [0.4, 0.5) is 8.78 Å². The number of carbonyl (C=O) groups is 1. The Morgan fingerprint density at radius 2 is 1.86 bits per heavy atom. The van der Waals surface area contributed by atoms with E-state index < -0.39 is 29.7 Å². The Morgan fingerprint density at radius 3 is 2.54 bits per heavy atom. The number of aliphatic hydroxyl groups excluding tert-OH is 1. The van der Waals surface area contributed by atoms with E-state index in [1.54, 1.807) is 0 Å². The van der Waals surface area contributed by atoms with Crippen molar-refractivity contribution in [3.8, 4) is 5.88 Å². The third kappa shape index (κ3) is 7.69. The maximum absolute atomic E-state index is 13.7. The molecule has 3 N–H and O–H groups in total. The van der Waals surface area contributed by atoms with Gasteiger partial charge in [-0.1, -0.05) is 31.2 Å². The van der Waals surface area contributed by atoms with Crippen LogP contribution in [0.2, 0.25) is 0 Å². The number of carbonyl (C=O) groups excluding carboxylic acids is 1. The molecule has 0 bridgehead atoms. The molecule has 3 aromatic rings. The third-order valence-electron chi connectivity index (χ3n) is 5.40. The van der Waals surface area contributed by atoms with Crippen molar-refractivity contribution in [2.45, 2.75) is 38.5 Å². The Labute approximate surface area is 202 Å². The molecule has 8 nitrogen and oxygen atoms in total. The minimum atomic E-state index is -1.12. The van der Waals surface area contributed by atoms with Gasteiger partial charge in [0.15, 0.2) is 5.69 Å². The Hall–Kier alpha value is -3.63. The average molecular weight is 487 g/mol. The van der Waals surface area contributed by atoms with E-state index in [0.29, 0.717) is 11.3 Å². The number of ether oxygens (including phenoxy) is 1. The fourth-order valence-corrected chi connectivity index (χ4v) is 3.63. The van der Waals surface area contributed by atoms with Crippen molar-refractivity contribution >= 4 is 5.91 Å². The average Bonchev–Trinajstić information content (AvgIpc) is 2.82. The number of aliphatic hydroxyl groups is 1. The molecule has 186 valence electrons. The fraction of sp³-hybridized carbons (Fsp3) is 0.320. The molecule has 0 aliphatic heterocycles. The molecule has 35 heavy (non-hydrogen) atoms. The number of aromatic nitrogens is 2. The van der Waals surface area contributed by atoms with E-state index in [1.807, 2.05) is 18.2 Å². The molecule has 0 aliphatic rings. The zero-order valence-electron chi connectivity index (χ0n) is 19.5. The summed E-state index contributed by atoms with van der Waals surface area (Å²) >= 11 is 0. The number of methoxy groups -OCH3 is 1. The fourth-order valence-electron chi connectivity index (χ4n) is 3.63. The van der Waals surface area contributed by atoms with Crippen LogP contribution in [0.1, 0.15) is 34.1 Å². The monoisotopic (exact) mass is 486 g/mol. The lowest BCUT2D eigenvalue weighted by atomic mass is 10.00. The van der Waals surface area contributed by atoms with E-state index in [9.17, 15) is 23.9 Å². The summed E-state index contributed by atoms with van der Waals surface area (Å²) in [6, 6.07) is 10.1. The van der Waals surface area contributed by atoms with E-state index in [-0.39, 0.29) is 30.1 Å². The van der Waals surface area contributed by atoms with Crippen molar-refractivity contribution in [1.29, 1.82) is 0 Å². The van der Waals surface area contributed by atoms with E-state index in [0.717, 1.165) is 42.6 Å². The topological polar surface area (TPSA) is 110 Å². The van der Waals surface area contributed by atoms with Crippen molar-refractivity contribution in [3.05, 3.63) is 94.1 Å². The zero-order valence-corrected chi connectivity index (χ0v) is 19.5. The van der Waals surface area contributed by atoms with Gasteiger partial charge in [0.1, 0.15) is 11.6 Å². The standard InChI is InChI=1S/C25H28F2N4O4/c1-3-16-5-4-6-17(7-16)12-28-13-23(32)21(10-18-8-19(26)11-20(27)9-18)30-25(33)22-14-31(34)15-24(29-22)35-2/h4-9,11,14-15,21,23,28,32H,3,10,12-13H2,1-2H3,(H,30,33)/t21-,23-/m0/s1. The maximum Gasteiger partial charge on any atom is 0.281 e. The van der Waals surface area contributed by atoms with Crippen molar-refractivity contribution < 1.29 is 28.1 Å². The molecule has 0 radical (unpaired) electrons. The number of nitrogens with one attached hydrogen (secondary N) is 2. The van der Waals surface area contributed by atoms with Gasteiger partial charge in [0.2, 0.25) is 12.4 Å². The third-order valence-corrected chi connectivity index (χ3v) is 5.40. The summed E-state index contributed by atoms with van der Waals surface area (Å²) in [7, 11) is 1.30. The van der Waals surface area contributed by atoms with Crippen LogP contribution in [0.25, 0.3) is 0 Å². The first-order chi connectivity index (χ1) is 16.8. The summed E-state index contributed by atoms with van der Waals surface area (Å²) in [6.45, 7) is 2.63. The van der Waals surface area contributed by atoms with Crippen LogP contribution in [0.3, 0.4) is 0 Å². The molecule has 0 unspecified atom stereocenters. The lowest BCUT2D eigenvalue weighted by Crippen LogP contribution is -2.49. The van der Waals surface area contributed by atoms with Crippen LogP contribution < -0.4 is 20.1 Å². The molecule has 2 atom stereocenters. The number of hydrogen-bond donors (Lipinski definition) is 3. The van der Waals surface area contributed by atoms with E-state index in [4.69, 9.17) is 4.74 Å². The van der Waals surface area contributed by atoms with Gasteiger partial charge >= 0.3 is 0 Å². The number of nitrogens with zero attached hydrogens (tertiary/aromatic N) is 2. The van der Waals surface area contributed by atoms with Gasteiger partial charge in [0.05, 0.1) is 19.3 Å². The number of hydrogen-bond acceptors (Lipinski definition) is 6. The van der Waals surface area contributed by atoms with Gasteiger partial charge in [-0.2, -0.15) is 9.71 Å². The number of halogens is 2. The van der Waals surface area contributed by atoms with Gasteiger partial charge in [0, 0.05) is 19.2 Å². The summed E-state index contributed by atoms with van der Waals surface area (Å²) in [4.78, 5) is 16.8. The first kappa shape index (κ1) is 26.0. The van der Waals surface area contributed by atoms with Crippen molar-refractivity contribution in [2.24, 2.45) is 0 Å². The number of amides is 1. The van der Waals surface area contributed by atoms with Crippen LogP contribution in [0, 0.1) is 16.8 Å². The quantitative estimate of drug-likeness (QED) is 0.283. The van der Waals surface area contributed by atoms with Crippen LogP contribution in [0.5, 0.6) is 5.88 Å². The second-order valence-corrected chi connectivity index (χ2v) is 8.09. The molecule has 10 heteroatoms. The molecule has 1 amide bonds. The molecule has 0 saturated carbocycles. The van der Waals surface area contributed by atoms with Crippen LogP contribution in [0.15, 0.2) is 54.9 Å². The summed E-state index contributed by atoms with van der Waals surface area (Å²) in [5.74, 6) is -2.34. The first-order valence-corrected chi connectivity index (χ1v) is 11.1. The number of aryl methyl sites for hydroxylation is 1. The molecule has 1 heterocycles. The molecular weight excluding hydrogens is 458 g/mol. The summed E-state index contributed by atoms with van der Waals surface area (Å²) in [5.41, 5.74) is 2.24. The lowest BCUT2D eigenvalue weighted by molar-refractivity contribution is -0.606. The predicted octanol–water partition coefficient (Wildman–Crippen LogP) is 2.06. The number of benzene rings is 2. The molecule has 2 aromatic carbocycles. The van der Waals surface area contributed by atoms with Crippen molar-refractivity contribution in [1.82, 2.24) is 15.6 Å². The van der Waals surface area contributed by atoms with E-state index in [1.165, 1.54) is 12.7 Å². The molecule has 0 saturated heterocycles. The molecule has 3 rings (SSSR count). The highest BCUT2D eigenvalue weighted by atomic mass is 19.1. The Kier molecular flexibility index (Phi) is 9.04. The van der Waals surface area contributed by atoms with Crippen molar-refractivity contribution in [2.75, 3.05) is 13.7 Å². The largest absolute Gasteiger partial charge is 0.618 e. The van der Waals surface area contributed by atoms with Crippen LogP contribution >= 0.6 is 0 Å². The summed E-state index contributed by atoms with van der Waals surface area (Å²) in [5, 5.41) is 28.4. The second kappa shape index (κ2) is 12.2. The highest BCUT2D eigenvalue weighted by Gasteiger charge is 2.25. The Balaban J connectivity index is 1.74. The maximum atomic E-state index is 13.7. The van der Waals surface area contributed by atoms with Gasteiger partial charge in [-0.25, -0.2) is 8.78 Å². The minimum absolute atomic E-state index is 0.0596. The zero-order chi connectivity index (χ0) is 25.4. The number of rotatable bonds is 11. The molecule has 0 spiro atoms.